The van der Waals surface area contributed by atoms with Crippen LogP contribution in [0.1, 0.15) is 20.3 Å². The topological polar surface area (TPSA) is 77.3 Å². The van der Waals surface area contributed by atoms with Crippen LogP contribution in [0, 0.1) is 0 Å². The summed E-state index contributed by atoms with van der Waals surface area (Å²) in [5.74, 6) is 0. The van der Waals surface area contributed by atoms with Gasteiger partial charge < -0.3 is 0 Å². The molecule has 0 aliphatic rings. The molecule has 192 valence electrons. The zero-order chi connectivity index (χ0) is 27.1. The van der Waals surface area contributed by atoms with Gasteiger partial charge in [-0.05, 0) is 48.5 Å². The van der Waals surface area contributed by atoms with Crippen LogP contribution >= 0.6 is 0 Å². The number of rotatable bonds is 4. The molecule has 0 saturated heterocycles. The van der Waals surface area contributed by atoms with Gasteiger partial charge >= 0.3 is 0 Å². The first-order valence-corrected chi connectivity index (χ1v) is 12.8. The number of aromatic nitrogens is 6. The first-order chi connectivity index (χ1) is 19.3. The van der Waals surface area contributed by atoms with E-state index in [1.54, 1.807) is 37.2 Å². The Morgan fingerprint density at radius 2 is 0.718 bits per heavy atom. The third-order valence-electron chi connectivity index (χ3n) is 5.43. The van der Waals surface area contributed by atoms with Gasteiger partial charge in [0.1, 0.15) is 0 Å². The van der Waals surface area contributed by atoms with E-state index in [4.69, 9.17) is 0 Å². The fraction of sp³-hybridized carbons (Fsp3) is 0.0909. The van der Waals surface area contributed by atoms with Crippen LogP contribution in [0.25, 0.3) is 44.8 Å². The highest BCUT2D eigenvalue weighted by Crippen LogP contribution is 2.29. The van der Waals surface area contributed by atoms with Crippen molar-refractivity contribution in [1.29, 1.82) is 0 Å². The lowest BCUT2D eigenvalue weighted by Crippen LogP contribution is -1.89. The maximum atomic E-state index is 4.46. The van der Waals surface area contributed by atoms with Crippen molar-refractivity contribution in [2.45, 2.75) is 20.3 Å². The molecular weight excluding hydrogens is 480 g/mol. The van der Waals surface area contributed by atoms with Crippen molar-refractivity contribution in [3.8, 4) is 44.8 Å². The van der Waals surface area contributed by atoms with E-state index in [-0.39, 0.29) is 0 Å². The molecule has 0 amide bonds. The zero-order valence-corrected chi connectivity index (χ0v) is 22.1. The molecule has 39 heavy (non-hydrogen) atoms. The molecule has 0 atom stereocenters. The van der Waals surface area contributed by atoms with E-state index in [0.717, 1.165) is 44.8 Å². The minimum atomic E-state index is 0.929. The molecule has 0 aromatic carbocycles. The summed E-state index contributed by atoms with van der Waals surface area (Å²) in [7, 11) is 0. The zero-order valence-electron chi connectivity index (χ0n) is 22.1. The van der Waals surface area contributed by atoms with E-state index in [0.29, 0.717) is 0 Å². The molecule has 6 heteroatoms. The summed E-state index contributed by atoms with van der Waals surface area (Å²) in [5, 5.41) is 0. The quantitative estimate of drug-likeness (QED) is 0.240. The second-order valence-electron chi connectivity index (χ2n) is 8.47. The Labute approximate surface area is 229 Å². The maximum Gasteiger partial charge on any atom is 0.0796 e. The van der Waals surface area contributed by atoms with E-state index in [9.17, 15) is 0 Å². The SMILES string of the molecule is CCC.c1cncc(-c2cccnc2-c2cccnc2)c1.c1cncc(-c2cccnc2-c2cccnc2)c1. The van der Waals surface area contributed by atoms with Crippen molar-refractivity contribution in [1.82, 2.24) is 29.9 Å². The van der Waals surface area contributed by atoms with Crippen LogP contribution in [0.3, 0.4) is 0 Å². The summed E-state index contributed by atoms with van der Waals surface area (Å²) in [6.45, 7) is 4.25. The standard InChI is InChI=1S/2C15H11N3.C3H8/c2*1-4-12(10-16-7-1)14-6-3-9-18-15(14)13-5-2-8-17-11-13;1-3-2/h2*1-11H;3H2,1-2H3. The van der Waals surface area contributed by atoms with Gasteiger partial charge in [0, 0.05) is 95.3 Å². The minimum absolute atomic E-state index is 0.929. The Morgan fingerprint density at radius 1 is 0.410 bits per heavy atom. The lowest BCUT2D eigenvalue weighted by Gasteiger charge is -2.07. The molecule has 6 aromatic rings. The molecule has 0 N–H and O–H groups in total. The van der Waals surface area contributed by atoms with Crippen molar-refractivity contribution in [3.05, 3.63) is 135 Å². The van der Waals surface area contributed by atoms with Gasteiger partial charge in [-0.15, -0.1) is 0 Å². The van der Waals surface area contributed by atoms with E-state index >= 15 is 0 Å². The number of hydrogen-bond acceptors (Lipinski definition) is 6. The molecule has 0 aliphatic heterocycles. The molecule has 0 unspecified atom stereocenters. The van der Waals surface area contributed by atoms with Crippen LogP contribution in [-0.2, 0) is 0 Å². The Balaban J connectivity index is 0.000000165. The highest BCUT2D eigenvalue weighted by atomic mass is 14.7. The van der Waals surface area contributed by atoms with Crippen LogP contribution in [0.5, 0.6) is 0 Å². The van der Waals surface area contributed by atoms with E-state index in [1.807, 2.05) is 97.6 Å². The summed E-state index contributed by atoms with van der Waals surface area (Å²) < 4.78 is 0. The highest BCUT2D eigenvalue weighted by Gasteiger charge is 2.09. The largest absolute Gasteiger partial charge is 0.264 e. The molecule has 0 saturated carbocycles. The third-order valence-corrected chi connectivity index (χ3v) is 5.43. The second-order valence-corrected chi connectivity index (χ2v) is 8.47. The molecule has 0 spiro atoms. The van der Waals surface area contributed by atoms with Gasteiger partial charge in [0.25, 0.3) is 0 Å². The first-order valence-electron chi connectivity index (χ1n) is 12.8. The smallest absolute Gasteiger partial charge is 0.0796 e. The Morgan fingerprint density at radius 3 is 1.03 bits per heavy atom. The van der Waals surface area contributed by atoms with Crippen molar-refractivity contribution < 1.29 is 0 Å². The predicted octanol–water partition coefficient (Wildman–Crippen LogP) is 7.83. The van der Waals surface area contributed by atoms with Crippen molar-refractivity contribution >= 4 is 0 Å². The molecule has 6 aromatic heterocycles. The van der Waals surface area contributed by atoms with Crippen molar-refractivity contribution in [3.63, 3.8) is 0 Å². The minimum Gasteiger partial charge on any atom is -0.264 e. The van der Waals surface area contributed by atoms with Crippen molar-refractivity contribution in [2.75, 3.05) is 0 Å². The fourth-order valence-electron chi connectivity index (χ4n) is 3.79. The van der Waals surface area contributed by atoms with Gasteiger partial charge in [0.2, 0.25) is 0 Å². The summed E-state index contributed by atoms with van der Waals surface area (Å²) in [5.41, 5.74) is 8.14. The first kappa shape index (κ1) is 26.9. The number of pyridine rings is 6. The molecule has 0 bridgehead atoms. The normalized spacial score (nSPS) is 9.90. The Hall–Kier alpha value is -5.10. The average Bonchev–Trinajstić information content (AvgIpc) is 3.03. The van der Waals surface area contributed by atoms with Crippen LogP contribution in [-0.4, -0.2) is 29.9 Å². The Bertz CT molecular complexity index is 1290. The summed E-state index contributed by atoms with van der Waals surface area (Å²) in [4.78, 5) is 25.5. The van der Waals surface area contributed by atoms with E-state index in [2.05, 4.69) is 43.8 Å². The van der Waals surface area contributed by atoms with Crippen LogP contribution in [0.15, 0.2) is 135 Å². The van der Waals surface area contributed by atoms with Crippen LogP contribution in [0.2, 0.25) is 0 Å². The predicted molar refractivity (Wildman–Crippen MR) is 157 cm³/mol. The average molecular weight is 511 g/mol. The monoisotopic (exact) mass is 510 g/mol. The van der Waals surface area contributed by atoms with E-state index in [1.165, 1.54) is 6.42 Å². The lowest BCUT2D eigenvalue weighted by atomic mass is 10.0. The van der Waals surface area contributed by atoms with Crippen LogP contribution < -0.4 is 0 Å². The maximum absolute atomic E-state index is 4.46. The third kappa shape index (κ3) is 7.46. The number of nitrogens with zero attached hydrogens (tertiary/aromatic N) is 6. The molecule has 6 rings (SSSR count). The lowest BCUT2D eigenvalue weighted by molar-refractivity contribution is 1.09. The van der Waals surface area contributed by atoms with Gasteiger partial charge in [-0.2, -0.15) is 0 Å². The van der Waals surface area contributed by atoms with Gasteiger partial charge in [-0.25, -0.2) is 0 Å². The summed E-state index contributed by atoms with van der Waals surface area (Å²) in [6.07, 6.45) is 19.2. The van der Waals surface area contributed by atoms with Gasteiger partial charge in [-0.3, -0.25) is 29.9 Å². The molecule has 6 nitrogen and oxygen atoms in total. The van der Waals surface area contributed by atoms with Gasteiger partial charge in [-0.1, -0.05) is 44.5 Å². The number of hydrogen-bond donors (Lipinski definition) is 0. The molecule has 0 aliphatic carbocycles. The van der Waals surface area contributed by atoms with E-state index < -0.39 is 0 Å². The molecular formula is C33H30N6. The highest BCUT2D eigenvalue weighted by molar-refractivity contribution is 5.80. The summed E-state index contributed by atoms with van der Waals surface area (Å²) >= 11 is 0. The van der Waals surface area contributed by atoms with Crippen molar-refractivity contribution in [2.24, 2.45) is 0 Å². The van der Waals surface area contributed by atoms with Gasteiger partial charge in [0.05, 0.1) is 11.4 Å². The molecule has 0 radical (unpaired) electrons. The fourth-order valence-corrected chi connectivity index (χ4v) is 3.79. The second kappa shape index (κ2) is 14.6. The molecule has 0 fully saturated rings. The van der Waals surface area contributed by atoms with Gasteiger partial charge in [0.15, 0.2) is 0 Å². The molecule has 6 heterocycles. The summed E-state index contributed by atoms with van der Waals surface area (Å²) in [6, 6.07) is 23.7. The Kier molecular flexibility index (Phi) is 10.1. The van der Waals surface area contributed by atoms with Crippen LogP contribution in [0.4, 0.5) is 0 Å².